The smallest absolute Gasteiger partial charge is 0.372 e. The van der Waals surface area contributed by atoms with Crippen molar-refractivity contribution < 1.29 is 17.9 Å². The van der Waals surface area contributed by atoms with Crippen LogP contribution >= 0.6 is 11.3 Å². The van der Waals surface area contributed by atoms with Crippen LogP contribution in [0.1, 0.15) is 30.3 Å². The van der Waals surface area contributed by atoms with Crippen LogP contribution in [0.5, 0.6) is 0 Å². The molecule has 0 fully saturated rings. The molecule has 0 saturated carbocycles. The maximum absolute atomic E-state index is 11.9. The molecule has 0 spiro atoms. The van der Waals surface area contributed by atoms with Crippen LogP contribution < -0.4 is 4.87 Å². The molecule has 1 atom stereocenters. The lowest BCUT2D eigenvalue weighted by atomic mass is 9.93. The van der Waals surface area contributed by atoms with Gasteiger partial charge in [-0.05, 0) is 31.6 Å². The van der Waals surface area contributed by atoms with Crippen molar-refractivity contribution in [3.63, 3.8) is 0 Å². The van der Waals surface area contributed by atoms with Gasteiger partial charge in [-0.25, -0.2) is 0 Å². The van der Waals surface area contributed by atoms with Crippen molar-refractivity contribution in [2.24, 2.45) is 5.92 Å². The fourth-order valence-electron chi connectivity index (χ4n) is 2.45. The molecule has 114 valence electrons. The molecule has 1 aromatic rings. The molecule has 1 heterocycles. The SMILES string of the molecule is C[C@@H]1CCc2c(sc(=O)n2CCCOCC(F)(F)F)C1. The molecule has 20 heavy (non-hydrogen) atoms. The van der Waals surface area contributed by atoms with E-state index in [0.29, 0.717) is 18.9 Å². The first kappa shape index (κ1) is 15.6. The Bertz CT molecular complexity index is 507. The van der Waals surface area contributed by atoms with E-state index in [1.807, 2.05) is 0 Å². The van der Waals surface area contributed by atoms with Gasteiger partial charge in [0.2, 0.25) is 0 Å². The van der Waals surface area contributed by atoms with Gasteiger partial charge in [0, 0.05) is 23.7 Å². The van der Waals surface area contributed by atoms with E-state index >= 15 is 0 Å². The summed E-state index contributed by atoms with van der Waals surface area (Å²) >= 11 is 1.28. The average Bonchev–Trinajstić information content (AvgIpc) is 2.63. The molecule has 0 aliphatic heterocycles. The van der Waals surface area contributed by atoms with Crippen molar-refractivity contribution in [2.45, 2.75) is 45.3 Å². The Morgan fingerprint density at radius 3 is 2.90 bits per heavy atom. The minimum atomic E-state index is -4.28. The van der Waals surface area contributed by atoms with Crippen molar-refractivity contribution in [1.82, 2.24) is 4.57 Å². The summed E-state index contributed by atoms with van der Waals surface area (Å²) in [5, 5.41) is 0. The molecular weight excluding hydrogens is 291 g/mol. The first-order valence-corrected chi connectivity index (χ1v) is 7.54. The normalized spacial score (nSPS) is 19.1. The molecule has 2 rings (SSSR count). The van der Waals surface area contributed by atoms with Crippen LogP contribution in [-0.2, 0) is 24.1 Å². The zero-order valence-electron chi connectivity index (χ0n) is 11.3. The molecule has 0 aromatic carbocycles. The van der Waals surface area contributed by atoms with E-state index in [0.717, 1.165) is 29.8 Å². The lowest BCUT2D eigenvalue weighted by Gasteiger charge is -2.19. The fraction of sp³-hybridized carbons (Fsp3) is 0.769. The monoisotopic (exact) mass is 309 g/mol. The molecule has 0 radical (unpaired) electrons. The maximum atomic E-state index is 11.9. The number of halogens is 3. The predicted molar refractivity (Wildman–Crippen MR) is 71.3 cm³/mol. The van der Waals surface area contributed by atoms with Crippen molar-refractivity contribution >= 4 is 11.3 Å². The number of aromatic nitrogens is 1. The summed E-state index contributed by atoms with van der Waals surface area (Å²) in [6.07, 6.45) is -0.970. The van der Waals surface area contributed by atoms with E-state index < -0.39 is 12.8 Å². The van der Waals surface area contributed by atoms with Gasteiger partial charge in [0.1, 0.15) is 6.61 Å². The number of nitrogens with zero attached hydrogens (tertiary/aromatic N) is 1. The van der Waals surface area contributed by atoms with Crippen molar-refractivity contribution in [2.75, 3.05) is 13.2 Å². The summed E-state index contributed by atoms with van der Waals surface area (Å²) in [7, 11) is 0. The summed E-state index contributed by atoms with van der Waals surface area (Å²) in [6, 6.07) is 0. The van der Waals surface area contributed by atoms with Crippen LogP contribution in [0, 0.1) is 5.92 Å². The highest BCUT2D eigenvalue weighted by Crippen LogP contribution is 2.27. The zero-order valence-corrected chi connectivity index (χ0v) is 12.1. The molecule has 1 aliphatic rings. The molecule has 3 nitrogen and oxygen atoms in total. The second kappa shape index (κ2) is 6.30. The van der Waals surface area contributed by atoms with Gasteiger partial charge in [-0.1, -0.05) is 18.3 Å². The van der Waals surface area contributed by atoms with E-state index in [1.54, 1.807) is 4.57 Å². The minimum Gasteiger partial charge on any atom is -0.372 e. The molecule has 1 aliphatic carbocycles. The number of hydrogen-bond donors (Lipinski definition) is 0. The highest BCUT2D eigenvalue weighted by Gasteiger charge is 2.27. The second-order valence-corrected chi connectivity index (χ2v) is 6.30. The molecule has 0 bridgehead atoms. The van der Waals surface area contributed by atoms with Gasteiger partial charge in [0.15, 0.2) is 0 Å². The van der Waals surface area contributed by atoms with Gasteiger partial charge in [0.05, 0.1) is 0 Å². The van der Waals surface area contributed by atoms with E-state index in [9.17, 15) is 18.0 Å². The minimum absolute atomic E-state index is 0.0000728. The zero-order chi connectivity index (χ0) is 14.8. The van der Waals surface area contributed by atoms with E-state index in [-0.39, 0.29) is 11.5 Å². The number of thiazole rings is 1. The molecule has 0 N–H and O–H groups in total. The van der Waals surface area contributed by atoms with Crippen LogP contribution in [0.25, 0.3) is 0 Å². The van der Waals surface area contributed by atoms with Gasteiger partial charge in [-0.15, -0.1) is 0 Å². The second-order valence-electron chi connectivity index (χ2n) is 5.26. The largest absolute Gasteiger partial charge is 0.411 e. The van der Waals surface area contributed by atoms with Gasteiger partial charge in [0.25, 0.3) is 0 Å². The fourth-order valence-corrected chi connectivity index (χ4v) is 3.67. The van der Waals surface area contributed by atoms with Gasteiger partial charge >= 0.3 is 11.0 Å². The van der Waals surface area contributed by atoms with Crippen LogP contribution in [0.15, 0.2) is 4.79 Å². The Kier molecular flexibility index (Phi) is 4.90. The Morgan fingerprint density at radius 1 is 1.45 bits per heavy atom. The lowest BCUT2D eigenvalue weighted by Crippen LogP contribution is -2.21. The molecule has 0 amide bonds. The third-order valence-electron chi connectivity index (χ3n) is 3.42. The molecule has 0 saturated heterocycles. The van der Waals surface area contributed by atoms with E-state index in [2.05, 4.69) is 11.7 Å². The standard InChI is InChI=1S/C13H18F3NO2S/c1-9-3-4-10-11(7-9)20-12(18)17(10)5-2-6-19-8-13(14,15)16/h9H,2-8H2,1H3/t9-/m1/s1. The highest BCUT2D eigenvalue weighted by molar-refractivity contribution is 7.09. The van der Waals surface area contributed by atoms with Crippen LogP contribution in [0.3, 0.4) is 0 Å². The summed E-state index contributed by atoms with van der Waals surface area (Å²) in [6.45, 7) is 1.41. The molecule has 1 aromatic heterocycles. The van der Waals surface area contributed by atoms with Gasteiger partial charge in [-0.2, -0.15) is 13.2 Å². The van der Waals surface area contributed by atoms with Gasteiger partial charge < -0.3 is 9.30 Å². The number of ether oxygens (including phenoxy) is 1. The Hall–Kier alpha value is -0.820. The van der Waals surface area contributed by atoms with Crippen molar-refractivity contribution in [3.8, 4) is 0 Å². The summed E-state index contributed by atoms with van der Waals surface area (Å²) in [5.41, 5.74) is 1.08. The summed E-state index contributed by atoms with van der Waals surface area (Å²) < 4.78 is 42.0. The maximum Gasteiger partial charge on any atom is 0.411 e. The highest BCUT2D eigenvalue weighted by atomic mass is 32.1. The van der Waals surface area contributed by atoms with E-state index in [4.69, 9.17) is 0 Å². The molecule has 7 heteroatoms. The molecular formula is C13H18F3NO2S. The third-order valence-corrected chi connectivity index (χ3v) is 4.47. The van der Waals surface area contributed by atoms with Crippen LogP contribution in [0.2, 0.25) is 0 Å². The van der Waals surface area contributed by atoms with Crippen molar-refractivity contribution in [1.29, 1.82) is 0 Å². The number of alkyl halides is 3. The molecule has 0 unspecified atom stereocenters. The quantitative estimate of drug-likeness (QED) is 0.783. The first-order valence-electron chi connectivity index (χ1n) is 6.72. The summed E-state index contributed by atoms with van der Waals surface area (Å²) in [4.78, 5) is 13.0. The Balaban J connectivity index is 1.86. The first-order chi connectivity index (χ1) is 9.37. The van der Waals surface area contributed by atoms with Crippen molar-refractivity contribution in [3.05, 3.63) is 20.2 Å². The van der Waals surface area contributed by atoms with Crippen LogP contribution in [0.4, 0.5) is 13.2 Å². The third kappa shape index (κ3) is 4.09. The average molecular weight is 309 g/mol. The van der Waals surface area contributed by atoms with Gasteiger partial charge in [-0.3, -0.25) is 4.79 Å². The predicted octanol–water partition coefficient (Wildman–Crippen LogP) is 3.00. The Labute approximate surface area is 119 Å². The topological polar surface area (TPSA) is 31.2 Å². The summed E-state index contributed by atoms with van der Waals surface area (Å²) in [5.74, 6) is 0.601. The number of rotatable bonds is 5. The number of hydrogen-bond acceptors (Lipinski definition) is 3. The number of fused-ring (bicyclic) bond motifs is 1. The lowest BCUT2D eigenvalue weighted by molar-refractivity contribution is -0.174. The Morgan fingerprint density at radius 2 is 2.20 bits per heavy atom. The van der Waals surface area contributed by atoms with Crippen LogP contribution in [-0.4, -0.2) is 24.0 Å². The van der Waals surface area contributed by atoms with E-state index in [1.165, 1.54) is 11.3 Å².